The standard InChI is InChI=1S/C12H12F5NO/c13-11(14)5-6-18-10(7-11)8-1-3-9(4-2-8)19-12(15,16)17/h1-4,10,18H,5-7H2. The van der Waals surface area contributed by atoms with Crippen LogP contribution >= 0.6 is 0 Å². The van der Waals surface area contributed by atoms with E-state index in [9.17, 15) is 22.0 Å². The van der Waals surface area contributed by atoms with E-state index >= 15 is 0 Å². The lowest BCUT2D eigenvalue weighted by Crippen LogP contribution is -2.38. The van der Waals surface area contributed by atoms with E-state index in [0.29, 0.717) is 5.56 Å². The maximum Gasteiger partial charge on any atom is 0.573 e. The fourth-order valence-electron chi connectivity index (χ4n) is 2.04. The Labute approximate surface area is 106 Å². The molecule has 1 fully saturated rings. The van der Waals surface area contributed by atoms with Gasteiger partial charge < -0.3 is 10.1 Å². The molecule has 0 radical (unpaired) electrons. The number of benzene rings is 1. The van der Waals surface area contributed by atoms with E-state index in [4.69, 9.17) is 0 Å². The highest BCUT2D eigenvalue weighted by Crippen LogP contribution is 2.35. The molecule has 1 atom stereocenters. The van der Waals surface area contributed by atoms with Crippen molar-refractivity contribution >= 4 is 0 Å². The third-order valence-corrected chi connectivity index (χ3v) is 2.90. The SMILES string of the molecule is FC1(F)CCNC(c2ccc(OC(F)(F)F)cc2)C1. The summed E-state index contributed by atoms with van der Waals surface area (Å²) in [5, 5.41) is 2.92. The lowest BCUT2D eigenvalue weighted by molar-refractivity contribution is -0.274. The van der Waals surface area contributed by atoms with Crippen molar-refractivity contribution in [1.82, 2.24) is 5.32 Å². The summed E-state index contributed by atoms with van der Waals surface area (Å²) in [6.45, 7) is 0.179. The van der Waals surface area contributed by atoms with Gasteiger partial charge in [0.05, 0.1) is 0 Å². The first-order valence-electron chi connectivity index (χ1n) is 5.72. The van der Waals surface area contributed by atoms with Crippen molar-refractivity contribution in [2.75, 3.05) is 6.54 Å². The van der Waals surface area contributed by atoms with Crippen molar-refractivity contribution in [3.63, 3.8) is 0 Å². The third kappa shape index (κ3) is 4.05. The number of rotatable bonds is 2. The molecular formula is C12H12F5NO. The molecule has 2 nitrogen and oxygen atoms in total. The van der Waals surface area contributed by atoms with Crippen molar-refractivity contribution in [2.24, 2.45) is 0 Å². The van der Waals surface area contributed by atoms with Crippen LogP contribution in [0.15, 0.2) is 24.3 Å². The molecule has 0 saturated carbocycles. The lowest BCUT2D eigenvalue weighted by Gasteiger charge is -2.30. The first-order valence-corrected chi connectivity index (χ1v) is 5.72. The Kier molecular flexibility index (Phi) is 3.66. The van der Waals surface area contributed by atoms with Crippen LogP contribution in [0.25, 0.3) is 0 Å². The van der Waals surface area contributed by atoms with Gasteiger partial charge in [0.2, 0.25) is 0 Å². The monoisotopic (exact) mass is 281 g/mol. The van der Waals surface area contributed by atoms with Crippen LogP contribution in [0.5, 0.6) is 5.75 Å². The van der Waals surface area contributed by atoms with Gasteiger partial charge in [0.15, 0.2) is 0 Å². The summed E-state index contributed by atoms with van der Waals surface area (Å²) in [7, 11) is 0. The Bertz CT molecular complexity index is 429. The molecule has 1 aliphatic rings. The van der Waals surface area contributed by atoms with Gasteiger partial charge in [-0.2, -0.15) is 0 Å². The quantitative estimate of drug-likeness (QED) is 0.836. The fourth-order valence-corrected chi connectivity index (χ4v) is 2.04. The Balaban J connectivity index is 2.06. The second-order valence-electron chi connectivity index (χ2n) is 4.43. The summed E-state index contributed by atoms with van der Waals surface area (Å²) in [6.07, 6.45) is -5.33. The van der Waals surface area contributed by atoms with E-state index in [1.165, 1.54) is 12.1 Å². The minimum Gasteiger partial charge on any atom is -0.406 e. The smallest absolute Gasteiger partial charge is 0.406 e. The van der Waals surface area contributed by atoms with Gasteiger partial charge in [-0.05, 0) is 17.7 Å². The van der Waals surface area contributed by atoms with Gasteiger partial charge in [-0.25, -0.2) is 8.78 Å². The van der Waals surface area contributed by atoms with Gasteiger partial charge in [-0.3, -0.25) is 0 Å². The van der Waals surface area contributed by atoms with Gasteiger partial charge in [0.1, 0.15) is 5.75 Å². The molecule has 0 spiro atoms. The molecule has 0 bridgehead atoms. The number of hydrogen-bond donors (Lipinski definition) is 1. The molecule has 0 amide bonds. The number of nitrogens with one attached hydrogen (secondary N) is 1. The molecule has 1 saturated heterocycles. The molecule has 1 heterocycles. The van der Waals surface area contributed by atoms with E-state index in [1.807, 2.05) is 0 Å². The number of ether oxygens (including phenoxy) is 1. The Morgan fingerprint density at radius 2 is 1.79 bits per heavy atom. The normalized spacial score (nSPS) is 23.1. The average molecular weight is 281 g/mol. The Hall–Kier alpha value is -1.37. The molecule has 1 aliphatic heterocycles. The molecule has 1 aromatic rings. The number of piperidine rings is 1. The van der Waals surface area contributed by atoms with Gasteiger partial charge >= 0.3 is 6.36 Å². The van der Waals surface area contributed by atoms with Gasteiger partial charge in [0, 0.05) is 25.4 Å². The van der Waals surface area contributed by atoms with E-state index in [0.717, 1.165) is 12.1 Å². The zero-order valence-corrected chi connectivity index (χ0v) is 9.81. The second kappa shape index (κ2) is 4.96. The van der Waals surface area contributed by atoms with Crippen LogP contribution < -0.4 is 10.1 Å². The Morgan fingerprint density at radius 1 is 1.16 bits per heavy atom. The minimum absolute atomic E-state index is 0.179. The molecule has 2 rings (SSSR count). The van der Waals surface area contributed by atoms with Crippen LogP contribution in [0.3, 0.4) is 0 Å². The van der Waals surface area contributed by atoms with Crippen LogP contribution in [0.1, 0.15) is 24.4 Å². The highest BCUT2D eigenvalue weighted by atomic mass is 19.4. The van der Waals surface area contributed by atoms with Crippen LogP contribution in [0.4, 0.5) is 22.0 Å². The highest BCUT2D eigenvalue weighted by Gasteiger charge is 2.36. The molecule has 0 aliphatic carbocycles. The summed E-state index contributed by atoms with van der Waals surface area (Å²) in [6, 6.07) is 4.41. The molecule has 19 heavy (non-hydrogen) atoms. The Morgan fingerprint density at radius 3 is 2.32 bits per heavy atom. The lowest BCUT2D eigenvalue weighted by atomic mass is 9.95. The van der Waals surface area contributed by atoms with Gasteiger partial charge in [0.25, 0.3) is 5.92 Å². The summed E-state index contributed by atoms with van der Waals surface area (Å²) >= 11 is 0. The molecule has 0 aromatic heterocycles. The first kappa shape index (κ1) is 14.0. The van der Waals surface area contributed by atoms with Crippen molar-refractivity contribution in [3.05, 3.63) is 29.8 Å². The van der Waals surface area contributed by atoms with E-state index < -0.39 is 18.3 Å². The fraction of sp³-hybridized carbons (Fsp3) is 0.500. The van der Waals surface area contributed by atoms with E-state index in [1.54, 1.807) is 0 Å². The summed E-state index contributed by atoms with van der Waals surface area (Å²) in [5.41, 5.74) is 0.522. The van der Waals surface area contributed by atoms with Gasteiger partial charge in [-0.15, -0.1) is 13.2 Å². The molecule has 1 aromatic carbocycles. The maximum atomic E-state index is 13.2. The van der Waals surface area contributed by atoms with Crippen molar-refractivity contribution < 1.29 is 26.7 Å². The third-order valence-electron chi connectivity index (χ3n) is 2.90. The zero-order chi connectivity index (χ0) is 14.1. The van der Waals surface area contributed by atoms with E-state index in [2.05, 4.69) is 10.1 Å². The average Bonchev–Trinajstić information content (AvgIpc) is 2.26. The van der Waals surface area contributed by atoms with Crippen molar-refractivity contribution in [3.8, 4) is 5.75 Å². The summed E-state index contributed by atoms with van der Waals surface area (Å²) in [4.78, 5) is 0. The largest absolute Gasteiger partial charge is 0.573 e. The summed E-state index contributed by atoms with van der Waals surface area (Å²) < 4.78 is 66.1. The number of hydrogen-bond acceptors (Lipinski definition) is 2. The molecule has 7 heteroatoms. The van der Waals surface area contributed by atoms with Crippen LogP contribution in [-0.2, 0) is 0 Å². The van der Waals surface area contributed by atoms with Crippen molar-refractivity contribution in [2.45, 2.75) is 31.2 Å². The summed E-state index contributed by atoms with van der Waals surface area (Å²) in [5.74, 6) is -3.10. The van der Waals surface area contributed by atoms with Crippen LogP contribution in [0.2, 0.25) is 0 Å². The number of halogens is 5. The van der Waals surface area contributed by atoms with Crippen molar-refractivity contribution in [1.29, 1.82) is 0 Å². The highest BCUT2D eigenvalue weighted by molar-refractivity contribution is 5.29. The topological polar surface area (TPSA) is 21.3 Å². The van der Waals surface area contributed by atoms with Crippen LogP contribution in [0, 0.1) is 0 Å². The number of alkyl halides is 5. The second-order valence-corrected chi connectivity index (χ2v) is 4.43. The van der Waals surface area contributed by atoms with Gasteiger partial charge in [-0.1, -0.05) is 12.1 Å². The van der Waals surface area contributed by atoms with Crippen LogP contribution in [-0.4, -0.2) is 18.8 Å². The molecule has 1 unspecified atom stereocenters. The predicted molar refractivity (Wildman–Crippen MR) is 58.0 cm³/mol. The zero-order valence-electron chi connectivity index (χ0n) is 9.81. The molecule has 106 valence electrons. The molecular weight excluding hydrogens is 269 g/mol. The molecule has 1 N–H and O–H groups in total. The predicted octanol–water partition coefficient (Wildman–Crippen LogP) is 3.65. The first-order chi connectivity index (χ1) is 8.75. The maximum absolute atomic E-state index is 13.2. The minimum atomic E-state index is -4.75. The van der Waals surface area contributed by atoms with E-state index in [-0.39, 0.29) is 25.1 Å².